The van der Waals surface area contributed by atoms with Gasteiger partial charge in [-0.05, 0) is 36.4 Å². The fourth-order valence-electron chi connectivity index (χ4n) is 3.06. The second kappa shape index (κ2) is 9.54. The van der Waals surface area contributed by atoms with Gasteiger partial charge in [0.05, 0.1) is 24.1 Å². The van der Waals surface area contributed by atoms with Gasteiger partial charge in [-0.3, -0.25) is 19.5 Å². The summed E-state index contributed by atoms with van der Waals surface area (Å²) in [7, 11) is 0. The minimum atomic E-state index is 0.739. The predicted molar refractivity (Wildman–Crippen MR) is 116 cm³/mol. The molecule has 0 unspecified atom stereocenters. The van der Waals surface area contributed by atoms with Gasteiger partial charge in [0.2, 0.25) is 0 Å². The molecule has 0 fully saturated rings. The van der Waals surface area contributed by atoms with Gasteiger partial charge in [0, 0.05) is 42.1 Å². The van der Waals surface area contributed by atoms with Crippen LogP contribution >= 0.6 is 15.9 Å². The van der Waals surface area contributed by atoms with Crippen molar-refractivity contribution in [1.82, 2.24) is 29.9 Å². The van der Waals surface area contributed by atoms with Crippen LogP contribution in [-0.2, 0) is 19.6 Å². The molecule has 7 heteroatoms. The van der Waals surface area contributed by atoms with Gasteiger partial charge < -0.3 is 0 Å². The molecule has 0 spiro atoms. The van der Waals surface area contributed by atoms with Gasteiger partial charge in [0.1, 0.15) is 5.69 Å². The molecule has 0 aliphatic heterocycles. The lowest BCUT2D eigenvalue weighted by Crippen LogP contribution is -2.27. The summed E-state index contributed by atoms with van der Waals surface area (Å²) >= 11 is 3.46. The average Bonchev–Trinajstić information content (AvgIpc) is 3.23. The Kier molecular flexibility index (Phi) is 6.38. The van der Waals surface area contributed by atoms with E-state index in [9.17, 15) is 0 Å². The molecule has 1 aromatic carbocycles. The fraction of sp³-hybridized carbons (Fsp3) is 0.182. The van der Waals surface area contributed by atoms with Crippen LogP contribution in [0.15, 0.2) is 83.7 Å². The first-order valence-corrected chi connectivity index (χ1v) is 10.2. The molecule has 0 radical (unpaired) electrons. The zero-order chi connectivity index (χ0) is 19.9. The van der Waals surface area contributed by atoms with Crippen molar-refractivity contribution in [2.24, 2.45) is 0 Å². The Morgan fingerprint density at radius 3 is 2.07 bits per heavy atom. The van der Waals surface area contributed by atoms with E-state index in [0.717, 1.165) is 53.3 Å². The number of pyridine rings is 2. The SMILES string of the molecule is Brc1ccc(-c2cn(CCN(Cc3ccccn3)Cc3ccccn3)nn2)cc1. The quantitative estimate of drug-likeness (QED) is 0.404. The number of halogens is 1. The van der Waals surface area contributed by atoms with Crippen LogP contribution in [0.2, 0.25) is 0 Å². The zero-order valence-electron chi connectivity index (χ0n) is 15.9. The van der Waals surface area contributed by atoms with Crippen molar-refractivity contribution in [1.29, 1.82) is 0 Å². The smallest absolute Gasteiger partial charge is 0.113 e. The van der Waals surface area contributed by atoms with Crippen molar-refractivity contribution in [3.8, 4) is 11.3 Å². The van der Waals surface area contributed by atoms with Crippen molar-refractivity contribution in [2.45, 2.75) is 19.6 Å². The Morgan fingerprint density at radius 1 is 0.828 bits per heavy atom. The van der Waals surface area contributed by atoms with Crippen LogP contribution in [0.1, 0.15) is 11.4 Å². The molecule has 0 N–H and O–H groups in total. The summed E-state index contributed by atoms with van der Waals surface area (Å²) in [4.78, 5) is 11.3. The van der Waals surface area contributed by atoms with Gasteiger partial charge in [0.15, 0.2) is 0 Å². The highest BCUT2D eigenvalue weighted by Crippen LogP contribution is 2.19. The molecular formula is C22H21BrN6. The van der Waals surface area contributed by atoms with Gasteiger partial charge in [-0.15, -0.1) is 5.10 Å². The molecule has 0 amide bonds. The Hall–Kier alpha value is -2.90. The number of aromatic nitrogens is 5. The molecule has 3 heterocycles. The fourth-order valence-corrected chi connectivity index (χ4v) is 3.32. The summed E-state index contributed by atoms with van der Waals surface area (Å²) in [6.07, 6.45) is 5.65. The highest BCUT2D eigenvalue weighted by Gasteiger charge is 2.10. The van der Waals surface area contributed by atoms with Crippen molar-refractivity contribution in [3.05, 3.63) is 95.1 Å². The second-order valence-corrected chi connectivity index (χ2v) is 7.64. The molecule has 0 bridgehead atoms. The maximum Gasteiger partial charge on any atom is 0.113 e. The zero-order valence-corrected chi connectivity index (χ0v) is 17.5. The van der Waals surface area contributed by atoms with Gasteiger partial charge in [-0.2, -0.15) is 0 Å². The van der Waals surface area contributed by atoms with Crippen LogP contribution in [0.4, 0.5) is 0 Å². The molecular weight excluding hydrogens is 428 g/mol. The standard InChI is InChI=1S/C22H21BrN6/c23-19-9-7-18(8-10-19)22-17-29(27-26-22)14-13-28(15-20-5-1-3-11-24-20)16-21-6-2-4-12-25-21/h1-12,17H,13-16H2. The Balaban J connectivity index is 1.44. The van der Waals surface area contributed by atoms with Crippen LogP contribution in [0.3, 0.4) is 0 Å². The summed E-state index contributed by atoms with van der Waals surface area (Å²) < 4.78 is 2.94. The van der Waals surface area contributed by atoms with Crippen LogP contribution in [0.25, 0.3) is 11.3 Å². The molecule has 0 saturated heterocycles. The lowest BCUT2D eigenvalue weighted by atomic mass is 10.2. The van der Waals surface area contributed by atoms with Gasteiger partial charge in [0.25, 0.3) is 0 Å². The van der Waals surface area contributed by atoms with E-state index in [1.54, 1.807) is 0 Å². The molecule has 6 nitrogen and oxygen atoms in total. The van der Waals surface area contributed by atoms with E-state index in [1.807, 2.05) is 83.9 Å². The van der Waals surface area contributed by atoms with E-state index < -0.39 is 0 Å². The predicted octanol–water partition coefficient (Wildman–Crippen LogP) is 4.20. The summed E-state index contributed by atoms with van der Waals surface area (Å²) in [5.74, 6) is 0. The average molecular weight is 449 g/mol. The van der Waals surface area contributed by atoms with E-state index in [2.05, 4.69) is 41.1 Å². The second-order valence-electron chi connectivity index (χ2n) is 6.73. The molecule has 0 aliphatic rings. The van der Waals surface area contributed by atoms with Crippen molar-refractivity contribution in [2.75, 3.05) is 6.54 Å². The molecule has 4 rings (SSSR count). The topological polar surface area (TPSA) is 59.7 Å². The number of rotatable bonds is 8. The summed E-state index contributed by atoms with van der Waals surface area (Å²) in [6.45, 7) is 3.07. The molecule has 0 atom stereocenters. The molecule has 29 heavy (non-hydrogen) atoms. The Morgan fingerprint density at radius 2 is 1.48 bits per heavy atom. The lowest BCUT2D eigenvalue weighted by molar-refractivity contribution is 0.236. The largest absolute Gasteiger partial charge is 0.290 e. The Bertz CT molecular complexity index is 977. The van der Waals surface area contributed by atoms with E-state index >= 15 is 0 Å². The van der Waals surface area contributed by atoms with Gasteiger partial charge in [-0.25, -0.2) is 0 Å². The third-order valence-corrected chi connectivity index (χ3v) is 5.08. The third-order valence-electron chi connectivity index (χ3n) is 4.55. The van der Waals surface area contributed by atoms with E-state index in [4.69, 9.17) is 0 Å². The minimum Gasteiger partial charge on any atom is -0.290 e. The highest BCUT2D eigenvalue weighted by atomic mass is 79.9. The highest BCUT2D eigenvalue weighted by molar-refractivity contribution is 9.10. The minimum absolute atomic E-state index is 0.739. The van der Waals surface area contributed by atoms with Crippen molar-refractivity contribution < 1.29 is 0 Å². The van der Waals surface area contributed by atoms with Crippen molar-refractivity contribution >= 4 is 15.9 Å². The van der Waals surface area contributed by atoms with Crippen LogP contribution in [0, 0.1) is 0 Å². The third kappa shape index (κ3) is 5.56. The molecule has 3 aromatic heterocycles. The first-order chi connectivity index (χ1) is 14.3. The first kappa shape index (κ1) is 19.4. The molecule has 0 saturated carbocycles. The van der Waals surface area contributed by atoms with Gasteiger partial charge >= 0.3 is 0 Å². The van der Waals surface area contributed by atoms with E-state index in [0.29, 0.717) is 0 Å². The van der Waals surface area contributed by atoms with Gasteiger partial charge in [-0.1, -0.05) is 45.4 Å². The Labute approximate surface area is 178 Å². The normalized spacial score (nSPS) is 11.1. The van der Waals surface area contributed by atoms with Crippen molar-refractivity contribution in [3.63, 3.8) is 0 Å². The van der Waals surface area contributed by atoms with Crippen LogP contribution in [0.5, 0.6) is 0 Å². The number of hydrogen-bond acceptors (Lipinski definition) is 5. The maximum absolute atomic E-state index is 4.47. The molecule has 0 aliphatic carbocycles. The van der Waals surface area contributed by atoms with Crippen LogP contribution < -0.4 is 0 Å². The summed E-state index contributed by atoms with van der Waals surface area (Å²) in [5.41, 5.74) is 4.01. The molecule has 4 aromatic rings. The number of nitrogens with zero attached hydrogens (tertiary/aromatic N) is 6. The maximum atomic E-state index is 4.47. The summed E-state index contributed by atoms with van der Waals surface area (Å²) in [5, 5.41) is 8.61. The lowest BCUT2D eigenvalue weighted by Gasteiger charge is -2.21. The first-order valence-electron chi connectivity index (χ1n) is 9.44. The summed E-state index contributed by atoms with van der Waals surface area (Å²) in [6, 6.07) is 20.1. The van der Waals surface area contributed by atoms with Crippen LogP contribution in [-0.4, -0.2) is 36.4 Å². The molecule has 146 valence electrons. The number of benzene rings is 1. The number of hydrogen-bond donors (Lipinski definition) is 0. The van der Waals surface area contributed by atoms with E-state index in [-0.39, 0.29) is 0 Å². The van der Waals surface area contributed by atoms with E-state index in [1.165, 1.54) is 0 Å². The monoisotopic (exact) mass is 448 g/mol.